The minimum absolute atomic E-state index is 0.371. The summed E-state index contributed by atoms with van der Waals surface area (Å²) < 4.78 is 0. The summed E-state index contributed by atoms with van der Waals surface area (Å²) in [6.45, 7) is 0. The van der Waals surface area contributed by atoms with Crippen LogP contribution in [0.5, 0.6) is 0 Å². The molecule has 0 saturated heterocycles. The summed E-state index contributed by atoms with van der Waals surface area (Å²) in [7, 11) is 0. The molecule has 3 heteroatoms. The molecule has 19 heavy (non-hydrogen) atoms. The van der Waals surface area contributed by atoms with Crippen molar-refractivity contribution in [1.82, 2.24) is 0 Å². The van der Waals surface area contributed by atoms with Crippen LogP contribution in [0.2, 0.25) is 0 Å². The molecule has 0 spiro atoms. The molecular formula is C16H17NO2. The number of nitrogens with two attached hydrogens (primary N) is 1. The van der Waals surface area contributed by atoms with Gasteiger partial charge >= 0.3 is 5.97 Å². The van der Waals surface area contributed by atoms with Gasteiger partial charge in [0.15, 0.2) is 0 Å². The average Bonchev–Trinajstić information content (AvgIpc) is 2.46. The summed E-state index contributed by atoms with van der Waals surface area (Å²) in [6.07, 6.45) is 1.01. The predicted molar refractivity (Wildman–Crippen MR) is 74.7 cm³/mol. The number of carboxylic acids is 1. The lowest BCUT2D eigenvalue weighted by atomic mass is 9.85. The second kappa shape index (κ2) is 5.67. The van der Waals surface area contributed by atoms with Gasteiger partial charge in [0.25, 0.3) is 0 Å². The standard InChI is InChI=1S/C16H17NO2/c17-16(15(18)19,14-9-5-2-6-10-14)12-11-13-7-3-1-4-8-13/h1-10H,11-12,17H2,(H,18,19). The van der Waals surface area contributed by atoms with E-state index in [0.29, 0.717) is 18.4 Å². The van der Waals surface area contributed by atoms with Crippen LogP contribution in [0.25, 0.3) is 0 Å². The minimum atomic E-state index is -1.34. The maximum atomic E-state index is 11.5. The molecule has 98 valence electrons. The zero-order valence-electron chi connectivity index (χ0n) is 10.6. The summed E-state index contributed by atoms with van der Waals surface area (Å²) in [6, 6.07) is 18.8. The smallest absolute Gasteiger partial charge is 0.328 e. The van der Waals surface area contributed by atoms with Gasteiger partial charge in [-0.05, 0) is 24.0 Å². The number of aryl methyl sites for hydroxylation is 1. The Kier molecular flexibility index (Phi) is 3.97. The summed E-state index contributed by atoms with van der Waals surface area (Å²) in [4.78, 5) is 11.5. The van der Waals surface area contributed by atoms with Gasteiger partial charge in [-0.25, -0.2) is 4.79 Å². The Morgan fingerprint density at radius 3 is 2.05 bits per heavy atom. The van der Waals surface area contributed by atoms with Crippen molar-refractivity contribution in [1.29, 1.82) is 0 Å². The maximum Gasteiger partial charge on any atom is 0.328 e. The Labute approximate surface area is 112 Å². The number of rotatable bonds is 5. The molecule has 0 aliphatic carbocycles. The molecule has 0 fully saturated rings. The normalized spacial score (nSPS) is 13.7. The van der Waals surface area contributed by atoms with E-state index in [2.05, 4.69) is 0 Å². The molecule has 0 aromatic heterocycles. The van der Waals surface area contributed by atoms with Gasteiger partial charge in [-0.15, -0.1) is 0 Å². The van der Waals surface area contributed by atoms with Gasteiger partial charge in [0.2, 0.25) is 0 Å². The van der Waals surface area contributed by atoms with E-state index >= 15 is 0 Å². The molecule has 0 heterocycles. The number of hydrogen-bond acceptors (Lipinski definition) is 2. The molecule has 1 atom stereocenters. The first-order valence-corrected chi connectivity index (χ1v) is 6.24. The van der Waals surface area contributed by atoms with Crippen LogP contribution >= 0.6 is 0 Å². The third-order valence-corrected chi connectivity index (χ3v) is 3.32. The molecule has 0 bridgehead atoms. The predicted octanol–water partition coefficient (Wildman–Crippen LogP) is 2.56. The van der Waals surface area contributed by atoms with Crippen LogP contribution in [-0.4, -0.2) is 11.1 Å². The van der Waals surface area contributed by atoms with Crippen LogP contribution < -0.4 is 5.73 Å². The highest BCUT2D eigenvalue weighted by Gasteiger charge is 2.35. The number of carboxylic acid groups (broad SMARTS) is 1. The van der Waals surface area contributed by atoms with E-state index in [1.807, 2.05) is 48.5 Å². The Bertz CT molecular complexity index is 539. The molecule has 0 radical (unpaired) electrons. The van der Waals surface area contributed by atoms with Crippen molar-refractivity contribution in [3.63, 3.8) is 0 Å². The molecule has 1 unspecified atom stereocenters. The molecule has 0 aliphatic heterocycles. The molecule has 0 aliphatic rings. The largest absolute Gasteiger partial charge is 0.480 e. The lowest BCUT2D eigenvalue weighted by Crippen LogP contribution is -2.45. The van der Waals surface area contributed by atoms with E-state index in [9.17, 15) is 9.90 Å². The lowest BCUT2D eigenvalue weighted by molar-refractivity contribution is -0.144. The monoisotopic (exact) mass is 255 g/mol. The van der Waals surface area contributed by atoms with E-state index in [1.54, 1.807) is 12.1 Å². The van der Waals surface area contributed by atoms with Gasteiger partial charge in [0.05, 0.1) is 0 Å². The highest BCUT2D eigenvalue weighted by atomic mass is 16.4. The fraction of sp³-hybridized carbons (Fsp3) is 0.188. The third kappa shape index (κ3) is 3.01. The van der Waals surface area contributed by atoms with Crippen LogP contribution in [-0.2, 0) is 16.8 Å². The van der Waals surface area contributed by atoms with E-state index in [0.717, 1.165) is 5.56 Å². The van der Waals surface area contributed by atoms with Crippen LogP contribution in [0.15, 0.2) is 60.7 Å². The summed E-state index contributed by atoms with van der Waals surface area (Å²) in [5.74, 6) is -0.991. The van der Waals surface area contributed by atoms with Crippen LogP contribution in [0.1, 0.15) is 17.5 Å². The zero-order chi connectivity index (χ0) is 13.7. The molecule has 0 amide bonds. The minimum Gasteiger partial charge on any atom is -0.480 e. The van der Waals surface area contributed by atoms with Crippen LogP contribution in [0.4, 0.5) is 0 Å². The summed E-state index contributed by atoms with van der Waals surface area (Å²) in [5, 5.41) is 9.44. The number of aliphatic carboxylic acids is 1. The zero-order valence-corrected chi connectivity index (χ0v) is 10.6. The second-order valence-corrected chi connectivity index (χ2v) is 4.63. The van der Waals surface area contributed by atoms with Crippen molar-refractivity contribution in [3.8, 4) is 0 Å². The first-order chi connectivity index (χ1) is 9.13. The Morgan fingerprint density at radius 2 is 1.53 bits per heavy atom. The molecule has 2 rings (SSSR count). The van der Waals surface area contributed by atoms with E-state index in [1.165, 1.54) is 0 Å². The lowest BCUT2D eigenvalue weighted by Gasteiger charge is -2.25. The first kappa shape index (κ1) is 13.3. The number of benzene rings is 2. The highest BCUT2D eigenvalue weighted by molar-refractivity contribution is 5.80. The highest BCUT2D eigenvalue weighted by Crippen LogP contribution is 2.24. The van der Waals surface area contributed by atoms with E-state index in [-0.39, 0.29) is 0 Å². The van der Waals surface area contributed by atoms with Crippen LogP contribution in [0, 0.1) is 0 Å². The fourth-order valence-electron chi connectivity index (χ4n) is 2.10. The van der Waals surface area contributed by atoms with Crippen molar-refractivity contribution < 1.29 is 9.90 Å². The van der Waals surface area contributed by atoms with Crippen molar-refractivity contribution in [2.45, 2.75) is 18.4 Å². The molecular weight excluding hydrogens is 238 g/mol. The third-order valence-electron chi connectivity index (χ3n) is 3.32. The SMILES string of the molecule is NC(CCc1ccccc1)(C(=O)O)c1ccccc1. The van der Waals surface area contributed by atoms with Crippen molar-refractivity contribution in [3.05, 3.63) is 71.8 Å². The molecule has 3 N–H and O–H groups in total. The summed E-state index contributed by atoms with van der Waals surface area (Å²) in [5.41, 5.74) is 6.50. The Balaban J connectivity index is 2.19. The van der Waals surface area contributed by atoms with Crippen molar-refractivity contribution >= 4 is 5.97 Å². The molecule has 3 nitrogen and oxygen atoms in total. The van der Waals surface area contributed by atoms with Crippen molar-refractivity contribution in [2.24, 2.45) is 5.73 Å². The van der Waals surface area contributed by atoms with Gasteiger partial charge in [0, 0.05) is 0 Å². The number of carbonyl (C=O) groups is 1. The van der Waals surface area contributed by atoms with E-state index in [4.69, 9.17) is 5.73 Å². The Hall–Kier alpha value is -2.13. The quantitative estimate of drug-likeness (QED) is 0.863. The van der Waals surface area contributed by atoms with Crippen LogP contribution in [0.3, 0.4) is 0 Å². The summed E-state index contributed by atoms with van der Waals surface area (Å²) >= 11 is 0. The average molecular weight is 255 g/mol. The molecule has 2 aromatic rings. The maximum absolute atomic E-state index is 11.5. The fourth-order valence-corrected chi connectivity index (χ4v) is 2.10. The van der Waals surface area contributed by atoms with Gasteiger partial charge < -0.3 is 10.8 Å². The van der Waals surface area contributed by atoms with Crippen molar-refractivity contribution in [2.75, 3.05) is 0 Å². The second-order valence-electron chi connectivity index (χ2n) is 4.63. The van der Waals surface area contributed by atoms with Gasteiger partial charge in [-0.3, -0.25) is 0 Å². The number of hydrogen-bond donors (Lipinski definition) is 2. The molecule has 0 saturated carbocycles. The van der Waals surface area contributed by atoms with Gasteiger partial charge in [-0.1, -0.05) is 60.7 Å². The first-order valence-electron chi connectivity index (χ1n) is 6.24. The Morgan fingerprint density at radius 1 is 1.00 bits per heavy atom. The van der Waals surface area contributed by atoms with E-state index < -0.39 is 11.5 Å². The topological polar surface area (TPSA) is 63.3 Å². The van der Waals surface area contributed by atoms with Gasteiger partial charge in [0.1, 0.15) is 5.54 Å². The van der Waals surface area contributed by atoms with Gasteiger partial charge in [-0.2, -0.15) is 0 Å². The molecule has 2 aromatic carbocycles.